The van der Waals surface area contributed by atoms with Crippen LogP contribution in [-0.4, -0.2) is 44.5 Å². The zero-order valence-electron chi connectivity index (χ0n) is 14.0. The van der Waals surface area contributed by atoms with Gasteiger partial charge in [-0.15, -0.1) is 0 Å². The summed E-state index contributed by atoms with van der Waals surface area (Å²) in [6.07, 6.45) is 4.49. The highest BCUT2D eigenvalue weighted by molar-refractivity contribution is 5.93. The average molecular weight is 327 g/mol. The number of aryl methyl sites for hydroxylation is 1. The van der Waals surface area contributed by atoms with Gasteiger partial charge in [0.2, 0.25) is 5.91 Å². The predicted octanol–water partition coefficient (Wildman–Crippen LogP) is 1.41. The maximum Gasteiger partial charge on any atom is 0.233 e. The molecule has 0 fully saturated rings. The van der Waals surface area contributed by atoms with Gasteiger partial charge in [0, 0.05) is 37.6 Å². The first kappa shape index (κ1) is 16.4. The number of nitrogens with zero attached hydrogens (tertiary/aromatic N) is 3. The van der Waals surface area contributed by atoms with Crippen LogP contribution in [0.2, 0.25) is 0 Å². The minimum Gasteiger partial charge on any atom is -0.393 e. The van der Waals surface area contributed by atoms with Gasteiger partial charge in [-0.2, -0.15) is 5.10 Å². The second-order valence-electron chi connectivity index (χ2n) is 6.16. The summed E-state index contributed by atoms with van der Waals surface area (Å²) in [4.78, 5) is 14.1. The fourth-order valence-electron chi connectivity index (χ4n) is 3.05. The van der Waals surface area contributed by atoms with Crippen molar-refractivity contribution in [1.82, 2.24) is 14.7 Å². The molecular formula is C18H21N3O3. The largest absolute Gasteiger partial charge is 0.393 e. The summed E-state index contributed by atoms with van der Waals surface area (Å²) >= 11 is 0. The van der Waals surface area contributed by atoms with Crippen molar-refractivity contribution in [1.29, 1.82) is 0 Å². The SMILES string of the molecule is C[C@H]1C(=O)N(C)C=C(c2cnn(C)c2)c2cc([C@@H](O)CO)ccc21. The monoisotopic (exact) mass is 327 g/mol. The van der Waals surface area contributed by atoms with E-state index >= 15 is 0 Å². The molecule has 24 heavy (non-hydrogen) atoms. The van der Waals surface area contributed by atoms with Gasteiger partial charge in [-0.1, -0.05) is 12.1 Å². The number of aromatic nitrogens is 2. The van der Waals surface area contributed by atoms with Gasteiger partial charge in [-0.3, -0.25) is 9.48 Å². The average Bonchev–Trinajstić information content (AvgIpc) is 2.99. The number of hydrogen-bond donors (Lipinski definition) is 2. The molecule has 1 aromatic carbocycles. The van der Waals surface area contributed by atoms with E-state index in [9.17, 15) is 15.0 Å². The summed E-state index contributed by atoms with van der Waals surface area (Å²) in [6, 6.07) is 5.46. The molecule has 1 aliphatic rings. The van der Waals surface area contributed by atoms with Crippen LogP contribution < -0.4 is 0 Å². The van der Waals surface area contributed by atoms with Crippen LogP contribution in [0.25, 0.3) is 5.57 Å². The summed E-state index contributed by atoms with van der Waals surface area (Å²) < 4.78 is 1.71. The number of benzene rings is 1. The van der Waals surface area contributed by atoms with Crippen molar-refractivity contribution in [2.75, 3.05) is 13.7 Å². The summed E-state index contributed by atoms with van der Waals surface area (Å²) in [5.41, 5.74) is 4.15. The van der Waals surface area contributed by atoms with E-state index < -0.39 is 6.10 Å². The molecule has 2 N–H and O–H groups in total. The van der Waals surface area contributed by atoms with Crippen molar-refractivity contribution < 1.29 is 15.0 Å². The van der Waals surface area contributed by atoms with E-state index in [4.69, 9.17) is 0 Å². The van der Waals surface area contributed by atoms with Gasteiger partial charge in [0.05, 0.1) is 18.7 Å². The first-order valence-corrected chi connectivity index (χ1v) is 7.83. The normalized spacial score (nSPS) is 18.9. The number of carbonyl (C=O) groups excluding carboxylic acids is 1. The molecule has 6 heteroatoms. The zero-order valence-corrected chi connectivity index (χ0v) is 14.0. The third-order valence-electron chi connectivity index (χ3n) is 4.45. The third-order valence-corrected chi connectivity index (χ3v) is 4.45. The molecule has 2 atom stereocenters. The molecule has 0 bridgehead atoms. The number of hydrogen-bond acceptors (Lipinski definition) is 4. The first-order chi connectivity index (χ1) is 11.4. The molecule has 6 nitrogen and oxygen atoms in total. The number of amides is 1. The minimum absolute atomic E-state index is 0.00518. The van der Waals surface area contributed by atoms with Gasteiger partial charge in [0.15, 0.2) is 0 Å². The molecule has 126 valence electrons. The number of fused-ring (bicyclic) bond motifs is 1. The fraction of sp³-hybridized carbons (Fsp3) is 0.333. The lowest BCUT2D eigenvalue weighted by molar-refractivity contribution is -0.128. The van der Waals surface area contributed by atoms with Crippen molar-refractivity contribution in [3.63, 3.8) is 0 Å². The Labute approximate surface area is 140 Å². The van der Waals surface area contributed by atoms with E-state index in [1.165, 1.54) is 0 Å². The highest BCUT2D eigenvalue weighted by Crippen LogP contribution is 2.36. The van der Waals surface area contributed by atoms with Crippen LogP contribution in [0.5, 0.6) is 0 Å². The molecule has 0 saturated heterocycles. The molecule has 2 aromatic rings. The molecule has 0 aliphatic carbocycles. The summed E-state index contributed by atoms with van der Waals surface area (Å²) in [6.45, 7) is 1.53. The van der Waals surface area contributed by atoms with Gasteiger partial charge in [-0.25, -0.2) is 0 Å². The Hall–Kier alpha value is -2.44. The molecule has 0 spiro atoms. The molecule has 0 unspecified atom stereocenters. The van der Waals surface area contributed by atoms with E-state index in [1.54, 1.807) is 35.1 Å². The highest BCUT2D eigenvalue weighted by atomic mass is 16.3. The Balaban J connectivity index is 2.23. The quantitative estimate of drug-likeness (QED) is 0.893. The van der Waals surface area contributed by atoms with E-state index in [0.29, 0.717) is 5.56 Å². The van der Waals surface area contributed by atoms with E-state index in [1.807, 2.05) is 32.3 Å². The van der Waals surface area contributed by atoms with E-state index in [2.05, 4.69) is 5.10 Å². The maximum absolute atomic E-state index is 12.5. The van der Waals surface area contributed by atoms with Crippen molar-refractivity contribution in [2.24, 2.45) is 7.05 Å². The lowest BCUT2D eigenvalue weighted by atomic mass is 9.88. The predicted molar refractivity (Wildman–Crippen MR) is 90.0 cm³/mol. The lowest BCUT2D eigenvalue weighted by Crippen LogP contribution is -2.24. The standard InChI is InChI=1S/C18H21N3O3/c1-11-14-5-4-12(17(23)10-22)6-15(14)16(9-20(2)18(11)24)13-7-19-21(3)8-13/h4-9,11,17,22-23H,10H2,1-3H3/t11-,17+/m1/s1. The van der Waals surface area contributed by atoms with Crippen LogP contribution in [0.15, 0.2) is 36.8 Å². The first-order valence-electron chi connectivity index (χ1n) is 7.83. The van der Waals surface area contributed by atoms with Crippen molar-refractivity contribution >= 4 is 11.5 Å². The van der Waals surface area contributed by atoms with Gasteiger partial charge in [-0.05, 0) is 29.7 Å². The van der Waals surface area contributed by atoms with Crippen molar-refractivity contribution in [2.45, 2.75) is 18.9 Å². The zero-order chi connectivity index (χ0) is 17.4. The molecular weight excluding hydrogens is 306 g/mol. The smallest absolute Gasteiger partial charge is 0.233 e. The molecule has 0 saturated carbocycles. The number of aliphatic hydroxyl groups is 2. The molecule has 2 heterocycles. The number of aliphatic hydroxyl groups excluding tert-OH is 2. The Morgan fingerprint density at radius 1 is 1.33 bits per heavy atom. The van der Waals surface area contributed by atoms with Crippen LogP contribution in [0.3, 0.4) is 0 Å². The number of likely N-dealkylation sites (N-methyl/N-ethyl adjacent to an activating group) is 1. The Morgan fingerprint density at radius 3 is 2.71 bits per heavy atom. The van der Waals surface area contributed by atoms with Gasteiger partial charge < -0.3 is 15.1 Å². The van der Waals surface area contributed by atoms with Crippen LogP contribution >= 0.6 is 0 Å². The van der Waals surface area contributed by atoms with Gasteiger partial charge in [0.1, 0.15) is 6.10 Å². The fourth-order valence-corrected chi connectivity index (χ4v) is 3.05. The van der Waals surface area contributed by atoms with Crippen LogP contribution in [-0.2, 0) is 11.8 Å². The summed E-state index contributed by atoms with van der Waals surface area (Å²) in [7, 11) is 3.58. The number of rotatable bonds is 3. The topological polar surface area (TPSA) is 78.6 Å². The van der Waals surface area contributed by atoms with Crippen LogP contribution in [0, 0.1) is 0 Å². The van der Waals surface area contributed by atoms with Crippen LogP contribution in [0.4, 0.5) is 0 Å². The van der Waals surface area contributed by atoms with E-state index in [0.717, 1.165) is 22.3 Å². The second-order valence-corrected chi connectivity index (χ2v) is 6.16. The lowest BCUT2D eigenvalue weighted by Gasteiger charge is -2.17. The number of carbonyl (C=O) groups is 1. The second kappa shape index (κ2) is 6.22. The van der Waals surface area contributed by atoms with E-state index in [-0.39, 0.29) is 18.4 Å². The summed E-state index contributed by atoms with van der Waals surface area (Å²) in [5, 5.41) is 23.4. The highest BCUT2D eigenvalue weighted by Gasteiger charge is 2.28. The summed E-state index contributed by atoms with van der Waals surface area (Å²) in [5.74, 6) is -0.290. The Bertz CT molecular complexity index is 810. The van der Waals surface area contributed by atoms with Gasteiger partial charge >= 0.3 is 0 Å². The Morgan fingerprint density at radius 2 is 2.08 bits per heavy atom. The van der Waals surface area contributed by atoms with Gasteiger partial charge in [0.25, 0.3) is 0 Å². The maximum atomic E-state index is 12.5. The third kappa shape index (κ3) is 2.74. The molecule has 0 radical (unpaired) electrons. The van der Waals surface area contributed by atoms with Crippen molar-refractivity contribution in [3.05, 3.63) is 59.0 Å². The molecule has 1 aromatic heterocycles. The van der Waals surface area contributed by atoms with Crippen molar-refractivity contribution in [3.8, 4) is 0 Å². The minimum atomic E-state index is -0.947. The molecule has 3 rings (SSSR count). The molecule has 1 aliphatic heterocycles. The Kier molecular flexibility index (Phi) is 4.26. The molecule has 1 amide bonds. The van der Waals surface area contributed by atoms with Crippen LogP contribution in [0.1, 0.15) is 41.2 Å².